The summed E-state index contributed by atoms with van der Waals surface area (Å²) in [4.78, 5) is 2.02. The number of likely N-dealkylation sites (N-methyl/N-ethyl adjacent to an activating group) is 1. The normalized spacial score (nSPS) is 22.8. The molecule has 1 unspecified atom stereocenters. The molecule has 78 valence electrons. The largest absolute Gasteiger partial charge is 0.392 e. The van der Waals surface area contributed by atoms with Crippen molar-refractivity contribution in [2.75, 3.05) is 27.2 Å². The monoisotopic (exact) mass is 186 g/mol. The highest BCUT2D eigenvalue weighted by molar-refractivity contribution is 4.90. The number of hydrogen-bond donors (Lipinski definition) is 2. The molecule has 1 aliphatic rings. The maximum Gasteiger partial charge on any atom is 0.0672 e. The third-order valence-electron chi connectivity index (χ3n) is 3.09. The molecule has 0 aliphatic heterocycles. The smallest absolute Gasteiger partial charge is 0.0672 e. The molecule has 0 aromatic rings. The van der Waals surface area contributed by atoms with Gasteiger partial charge in [-0.3, -0.25) is 0 Å². The second kappa shape index (κ2) is 4.40. The Hall–Kier alpha value is -0.120. The fourth-order valence-electron chi connectivity index (χ4n) is 2.15. The van der Waals surface area contributed by atoms with E-state index in [-0.39, 0.29) is 11.5 Å². The third kappa shape index (κ3) is 2.93. The zero-order valence-electron chi connectivity index (χ0n) is 8.79. The van der Waals surface area contributed by atoms with Crippen LogP contribution in [0.15, 0.2) is 0 Å². The van der Waals surface area contributed by atoms with E-state index >= 15 is 0 Å². The first kappa shape index (κ1) is 11.0. The minimum atomic E-state index is -0.209. The van der Waals surface area contributed by atoms with Gasteiger partial charge in [-0.15, -0.1) is 0 Å². The summed E-state index contributed by atoms with van der Waals surface area (Å²) in [6.07, 6.45) is 4.36. The molecule has 0 amide bonds. The molecule has 0 saturated heterocycles. The van der Waals surface area contributed by atoms with E-state index in [0.29, 0.717) is 0 Å². The zero-order valence-corrected chi connectivity index (χ0v) is 8.79. The Labute approximate surface area is 80.9 Å². The van der Waals surface area contributed by atoms with E-state index in [1.807, 2.05) is 19.0 Å². The first-order chi connectivity index (χ1) is 6.08. The Morgan fingerprint density at radius 1 is 1.46 bits per heavy atom. The van der Waals surface area contributed by atoms with Gasteiger partial charge < -0.3 is 15.7 Å². The van der Waals surface area contributed by atoms with Gasteiger partial charge in [0.1, 0.15) is 0 Å². The summed E-state index contributed by atoms with van der Waals surface area (Å²) in [6.45, 7) is 1.49. The summed E-state index contributed by atoms with van der Waals surface area (Å²) >= 11 is 0. The molecule has 13 heavy (non-hydrogen) atoms. The SMILES string of the molecule is CN(C)CC(O)CC1(CN)CCC1. The molecule has 3 N–H and O–H groups in total. The number of hydrogen-bond acceptors (Lipinski definition) is 3. The fraction of sp³-hybridized carbons (Fsp3) is 1.00. The van der Waals surface area contributed by atoms with Crippen LogP contribution in [0.4, 0.5) is 0 Å². The van der Waals surface area contributed by atoms with Crippen LogP contribution in [0.2, 0.25) is 0 Å². The first-order valence-electron chi connectivity index (χ1n) is 5.11. The van der Waals surface area contributed by atoms with Crippen LogP contribution in [0.3, 0.4) is 0 Å². The molecule has 0 radical (unpaired) electrons. The molecule has 1 saturated carbocycles. The molecule has 0 spiro atoms. The molecule has 3 heteroatoms. The quantitative estimate of drug-likeness (QED) is 0.654. The molecule has 0 aromatic carbocycles. The number of aliphatic hydroxyl groups is 1. The Bertz CT molecular complexity index is 149. The summed E-state index contributed by atoms with van der Waals surface area (Å²) in [5, 5.41) is 9.75. The van der Waals surface area contributed by atoms with E-state index in [9.17, 15) is 5.11 Å². The van der Waals surface area contributed by atoms with Gasteiger partial charge in [0.25, 0.3) is 0 Å². The van der Waals surface area contributed by atoms with Gasteiger partial charge in [-0.2, -0.15) is 0 Å². The van der Waals surface area contributed by atoms with Crippen molar-refractivity contribution in [3.63, 3.8) is 0 Å². The first-order valence-corrected chi connectivity index (χ1v) is 5.11. The van der Waals surface area contributed by atoms with Gasteiger partial charge in [0.15, 0.2) is 0 Å². The lowest BCUT2D eigenvalue weighted by molar-refractivity contribution is 0.0345. The van der Waals surface area contributed by atoms with E-state index in [0.717, 1.165) is 19.5 Å². The standard InChI is InChI=1S/C10H22N2O/c1-12(2)7-9(13)6-10(8-11)4-3-5-10/h9,13H,3-8,11H2,1-2H3. The lowest BCUT2D eigenvalue weighted by Crippen LogP contribution is -2.42. The topological polar surface area (TPSA) is 49.5 Å². The lowest BCUT2D eigenvalue weighted by Gasteiger charge is -2.42. The van der Waals surface area contributed by atoms with Gasteiger partial charge in [-0.25, -0.2) is 0 Å². The highest BCUT2D eigenvalue weighted by atomic mass is 16.3. The Kier molecular flexibility index (Phi) is 3.71. The third-order valence-corrected chi connectivity index (χ3v) is 3.09. The predicted molar refractivity (Wildman–Crippen MR) is 54.5 cm³/mol. The molecular weight excluding hydrogens is 164 g/mol. The van der Waals surface area contributed by atoms with Crippen LogP contribution in [-0.4, -0.2) is 43.3 Å². The van der Waals surface area contributed by atoms with Crippen molar-refractivity contribution in [2.24, 2.45) is 11.1 Å². The summed E-state index contributed by atoms with van der Waals surface area (Å²) in [6, 6.07) is 0. The second-order valence-corrected chi connectivity index (χ2v) is 4.68. The van der Waals surface area contributed by atoms with Crippen molar-refractivity contribution in [2.45, 2.75) is 31.8 Å². The predicted octanol–water partition coefficient (Wildman–Crippen LogP) is 0.428. The highest BCUT2D eigenvalue weighted by Gasteiger charge is 2.37. The van der Waals surface area contributed by atoms with Crippen LogP contribution < -0.4 is 5.73 Å². The fourth-order valence-corrected chi connectivity index (χ4v) is 2.15. The lowest BCUT2D eigenvalue weighted by atomic mass is 9.65. The molecule has 0 bridgehead atoms. The average molecular weight is 186 g/mol. The van der Waals surface area contributed by atoms with Crippen molar-refractivity contribution < 1.29 is 5.11 Å². The Balaban J connectivity index is 2.29. The maximum absolute atomic E-state index is 9.75. The van der Waals surface area contributed by atoms with Gasteiger partial charge in [0.05, 0.1) is 6.10 Å². The van der Waals surface area contributed by atoms with E-state index in [2.05, 4.69) is 0 Å². The Morgan fingerprint density at radius 2 is 2.08 bits per heavy atom. The van der Waals surface area contributed by atoms with Crippen LogP contribution in [0.1, 0.15) is 25.7 Å². The summed E-state index contributed by atoms with van der Waals surface area (Å²) in [5.41, 5.74) is 6.00. The van der Waals surface area contributed by atoms with Crippen molar-refractivity contribution in [3.05, 3.63) is 0 Å². The number of nitrogens with zero attached hydrogens (tertiary/aromatic N) is 1. The maximum atomic E-state index is 9.75. The summed E-state index contributed by atoms with van der Waals surface area (Å²) < 4.78 is 0. The van der Waals surface area contributed by atoms with Crippen LogP contribution >= 0.6 is 0 Å². The number of nitrogens with two attached hydrogens (primary N) is 1. The van der Waals surface area contributed by atoms with E-state index in [1.54, 1.807) is 0 Å². The van der Waals surface area contributed by atoms with E-state index < -0.39 is 0 Å². The molecule has 0 aromatic heterocycles. The van der Waals surface area contributed by atoms with Crippen LogP contribution in [0.25, 0.3) is 0 Å². The van der Waals surface area contributed by atoms with E-state index in [4.69, 9.17) is 5.73 Å². The van der Waals surface area contributed by atoms with E-state index in [1.165, 1.54) is 19.3 Å². The minimum Gasteiger partial charge on any atom is -0.392 e. The highest BCUT2D eigenvalue weighted by Crippen LogP contribution is 2.43. The van der Waals surface area contributed by atoms with Gasteiger partial charge in [-0.05, 0) is 45.3 Å². The van der Waals surface area contributed by atoms with Crippen molar-refractivity contribution >= 4 is 0 Å². The average Bonchev–Trinajstić information content (AvgIpc) is 1.95. The summed E-state index contributed by atoms with van der Waals surface area (Å²) in [7, 11) is 3.97. The van der Waals surface area contributed by atoms with Crippen molar-refractivity contribution in [3.8, 4) is 0 Å². The van der Waals surface area contributed by atoms with Gasteiger partial charge in [-0.1, -0.05) is 6.42 Å². The van der Waals surface area contributed by atoms with Crippen molar-refractivity contribution in [1.29, 1.82) is 0 Å². The zero-order chi connectivity index (χ0) is 9.90. The van der Waals surface area contributed by atoms with Gasteiger partial charge >= 0.3 is 0 Å². The molecule has 1 fully saturated rings. The van der Waals surface area contributed by atoms with Crippen molar-refractivity contribution in [1.82, 2.24) is 4.90 Å². The van der Waals surface area contributed by atoms with Crippen LogP contribution in [0, 0.1) is 5.41 Å². The Morgan fingerprint density at radius 3 is 2.38 bits per heavy atom. The second-order valence-electron chi connectivity index (χ2n) is 4.68. The molecule has 1 atom stereocenters. The number of aliphatic hydroxyl groups excluding tert-OH is 1. The van der Waals surface area contributed by atoms with Gasteiger partial charge in [0.2, 0.25) is 0 Å². The van der Waals surface area contributed by atoms with Crippen LogP contribution in [-0.2, 0) is 0 Å². The molecule has 0 heterocycles. The van der Waals surface area contributed by atoms with Crippen LogP contribution in [0.5, 0.6) is 0 Å². The molecule has 3 nitrogen and oxygen atoms in total. The molecule has 1 rings (SSSR count). The molecule has 1 aliphatic carbocycles. The molecular formula is C10H22N2O. The van der Waals surface area contributed by atoms with Gasteiger partial charge in [0, 0.05) is 6.54 Å². The summed E-state index contributed by atoms with van der Waals surface area (Å²) in [5.74, 6) is 0. The minimum absolute atomic E-state index is 0.209. The number of rotatable bonds is 5.